The van der Waals surface area contributed by atoms with E-state index in [1.165, 1.54) is 19.4 Å². The number of rotatable bonds is 2. The molecule has 0 aliphatic carbocycles. The normalized spacial score (nSPS) is 13.5. The summed E-state index contributed by atoms with van der Waals surface area (Å²) in [5.74, 6) is 0.108. The van der Waals surface area contributed by atoms with Crippen LogP contribution in [0, 0.1) is 5.82 Å². The first-order valence-corrected chi connectivity index (χ1v) is 5.81. The first-order chi connectivity index (χ1) is 9.19. The molecule has 1 N–H and O–H groups in total. The molecule has 0 saturated carbocycles. The van der Waals surface area contributed by atoms with E-state index in [0.29, 0.717) is 28.0 Å². The maximum absolute atomic E-state index is 14.0. The van der Waals surface area contributed by atoms with E-state index in [1.54, 1.807) is 18.2 Å². The van der Waals surface area contributed by atoms with E-state index in [9.17, 15) is 9.41 Å². The Morgan fingerprint density at radius 3 is 2.95 bits per heavy atom. The Morgan fingerprint density at radius 2 is 2.26 bits per heavy atom. The molecule has 0 fully saturated rings. The van der Waals surface area contributed by atoms with Crippen molar-refractivity contribution in [2.75, 3.05) is 7.11 Å². The first-order valence-electron chi connectivity index (χ1n) is 5.81. The molecule has 1 aromatic carbocycles. The third-order valence-electron chi connectivity index (χ3n) is 3.15. The van der Waals surface area contributed by atoms with Gasteiger partial charge in [0, 0.05) is 23.4 Å². The van der Waals surface area contributed by atoms with Crippen LogP contribution in [0.2, 0.25) is 0 Å². The van der Waals surface area contributed by atoms with Gasteiger partial charge in [0.1, 0.15) is 5.82 Å². The summed E-state index contributed by atoms with van der Waals surface area (Å²) in [5.41, 5.74) is 2.29. The topological polar surface area (TPSA) is 51.6 Å². The lowest BCUT2D eigenvalue weighted by Crippen LogP contribution is -2.28. The quantitative estimate of drug-likeness (QED) is 0.821. The largest absolute Gasteiger partial charge is 0.491 e. The number of hydrogen-bond acceptors (Lipinski definition) is 4. The van der Waals surface area contributed by atoms with Crippen molar-refractivity contribution >= 4 is 12.6 Å². The van der Waals surface area contributed by atoms with Gasteiger partial charge in [0.05, 0.1) is 13.7 Å². The number of ether oxygens (including phenoxy) is 1. The SMILES string of the molecule is COc1ccc(-c2cc3c(cc2F)COB3O)cn1. The standard InChI is InChI=1S/C13H11BFNO3/c1-18-13-3-2-8(6-16-13)10-5-11-9(4-12(10)15)7-19-14(11)17/h2-6,17H,7H2,1H3. The molecular formula is C13H11BFNO3. The van der Waals surface area contributed by atoms with Gasteiger partial charge in [-0.05, 0) is 23.2 Å². The molecule has 4 nitrogen and oxygen atoms in total. The Labute approximate surface area is 110 Å². The molecule has 3 rings (SSSR count). The predicted molar refractivity (Wildman–Crippen MR) is 68.6 cm³/mol. The lowest BCUT2D eigenvalue weighted by Gasteiger charge is -2.07. The second-order valence-electron chi connectivity index (χ2n) is 4.28. The number of nitrogens with zero attached hydrogens (tertiary/aromatic N) is 1. The minimum Gasteiger partial charge on any atom is -0.481 e. The second-order valence-corrected chi connectivity index (χ2v) is 4.28. The van der Waals surface area contributed by atoms with Gasteiger partial charge in [0.25, 0.3) is 0 Å². The van der Waals surface area contributed by atoms with Crippen molar-refractivity contribution in [1.82, 2.24) is 4.98 Å². The summed E-state index contributed by atoms with van der Waals surface area (Å²) in [6, 6.07) is 6.38. The molecule has 19 heavy (non-hydrogen) atoms. The summed E-state index contributed by atoms with van der Waals surface area (Å²) in [4.78, 5) is 4.04. The van der Waals surface area contributed by atoms with Crippen molar-refractivity contribution in [3.05, 3.63) is 41.8 Å². The van der Waals surface area contributed by atoms with E-state index in [-0.39, 0.29) is 12.4 Å². The van der Waals surface area contributed by atoms with Crippen LogP contribution in [-0.4, -0.2) is 24.2 Å². The number of methoxy groups -OCH3 is 1. The van der Waals surface area contributed by atoms with Crippen LogP contribution in [0.4, 0.5) is 4.39 Å². The van der Waals surface area contributed by atoms with Crippen molar-refractivity contribution in [3.63, 3.8) is 0 Å². The van der Waals surface area contributed by atoms with Gasteiger partial charge in [-0.25, -0.2) is 9.37 Å². The van der Waals surface area contributed by atoms with Crippen LogP contribution >= 0.6 is 0 Å². The van der Waals surface area contributed by atoms with Crippen molar-refractivity contribution in [3.8, 4) is 17.0 Å². The zero-order chi connectivity index (χ0) is 13.4. The van der Waals surface area contributed by atoms with E-state index in [0.717, 1.165) is 0 Å². The molecule has 0 saturated heterocycles. The summed E-state index contributed by atoms with van der Waals surface area (Å²) in [7, 11) is 0.534. The maximum atomic E-state index is 14.0. The maximum Gasteiger partial charge on any atom is 0.491 e. The van der Waals surface area contributed by atoms with Gasteiger partial charge in [0.15, 0.2) is 0 Å². The number of benzene rings is 1. The number of pyridine rings is 1. The highest BCUT2D eigenvalue weighted by Gasteiger charge is 2.28. The zero-order valence-corrected chi connectivity index (χ0v) is 10.3. The fourth-order valence-electron chi connectivity index (χ4n) is 2.13. The van der Waals surface area contributed by atoms with Crippen molar-refractivity contribution in [2.24, 2.45) is 0 Å². The summed E-state index contributed by atoms with van der Waals surface area (Å²) in [5, 5.41) is 9.65. The molecule has 1 aliphatic rings. The van der Waals surface area contributed by atoms with Gasteiger partial charge in [-0.2, -0.15) is 0 Å². The molecular weight excluding hydrogens is 248 g/mol. The van der Waals surface area contributed by atoms with E-state index < -0.39 is 7.12 Å². The molecule has 0 bridgehead atoms. The summed E-state index contributed by atoms with van der Waals surface area (Å²) in [6.45, 7) is 0.231. The van der Waals surface area contributed by atoms with Crippen LogP contribution in [0.3, 0.4) is 0 Å². The molecule has 0 amide bonds. The Balaban J connectivity index is 2.06. The molecule has 2 aromatic rings. The highest BCUT2D eigenvalue weighted by atomic mass is 19.1. The molecule has 1 aromatic heterocycles. The Bertz CT molecular complexity index is 618. The molecule has 6 heteroatoms. The average molecular weight is 259 g/mol. The van der Waals surface area contributed by atoms with Crippen LogP contribution in [0.25, 0.3) is 11.1 Å². The van der Waals surface area contributed by atoms with Crippen molar-refractivity contribution < 1.29 is 18.8 Å². The third-order valence-corrected chi connectivity index (χ3v) is 3.15. The Morgan fingerprint density at radius 1 is 1.42 bits per heavy atom. The molecule has 96 valence electrons. The van der Waals surface area contributed by atoms with Crippen LogP contribution < -0.4 is 10.2 Å². The molecule has 2 heterocycles. The Kier molecular flexibility index (Phi) is 2.96. The lowest BCUT2D eigenvalue weighted by atomic mass is 9.78. The lowest BCUT2D eigenvalue weighted by molar-refractivity contribution is 0.275. The summed E-state index contributed by atoms with van der Waals surface area (Å²) >= 11 is 0. The first kappa shape index (κ1) is 12.1. The fraction of sp³-hybridized carbons (Fsp3) is 0.154. The average Bonchev–Trinajstić information content (AvgIpc) is 2.79. The zero-order valence-electron chi connectivity index (χ0n) is 10.3. The van der Waals surface area contributed by atoms with Gasteiger partial charge >= 0.3 is 7.12 Å². The summed E-state index contributed by atoms with van der Waals surface area (Å²) < 4.78 is 24.1. The van der Waals surface area contributed by atoms with E-state index in [4.69, 9.17) is 9.39 Å². The van der Waals surface area contributed by atoms with Crippen LogP contribution in [0.1, 0.15) is 5.56 Å². The fourth-order valence-corrected chi connectivity index (χ4v) is 2.13. The van der Waals surface area contributed by atoms with Crippen LogP contribution in [0.15, 0.2) is 30.5 Å². The molecule has 1 aliphatic heterocycles. The minimum atomic E-state index is -0.986. The van der Waals surface area contributed by atoms with Gasteiger partial charge in [-0.1, -0.05) is 6.07 Å². The monoisotopic (exact) mass is 259 g/mol. The smallest absolute Gasteiger partial charge is 0.481 e. The van der Waals surface area contributed by atoms with Gasteiger partial charge in [0.2, 0.25) is 5.88 Å². The number of fused-ring (bicyclic) bond motifs is 1. The number of hydrogen-bond donors (Lipinski definition) is 1. The Hall–Kier alpha value is -1.92. The number of aromatic nitrogens is 1. The van der Waals surface area contributed by atoms with Gasteiger partial charge < -0.3 is 14.4 Å². The van der Waals surface area contributed by atoms with E-state index in [1.807, 2.05) is 0 Å². The molecule has 0 spiro atoms. The predicted octanol–water partition coefficient (Wildman–Crippen LogP) is 1.11. The third kappa shape index (κ3) is 2.09. The molecule has 0 unspecified atom stereocenters. The van der Waals surface area contributed by atoms with Crippen molar-refractivity contribution in [2.45, 2.75) is 6.61 Å². The minimum absolute atomic E-state index is 0.231. The highest BCUT2D eigenvalue weighted by molar-refractivity contribution is 6.61. The van der Waals surface area contributed by atoms with E-state index in [2.05, 4.69) is 4.98 Å². The van der Waals surface area contributed by atoms with Gasteiger partial charge in [-0.15, -0.1) is 0 Å². The molecule has 0 atom stereocenters. The highest BCUT2D eigenvalue weighted by Crippen LogP contribution is 2.25. The van der Waals surface area contributed by atoms with Crippen LogP contribution in [0.5, 0.6) is 5.88 Å². The second kappa shape index (κ2) is 4.64. The van der Waals surface area contributed by atoms with E-state index >= 15 is 0 Å². The van der Waals surface area contributed by atoms with Crippen molar-refractivity contribution in [1.29, 1.82) is 0 Å². The van der Waals surface area contributed by atoms with Gasteiger partial charge in [-0.3, -0.25) is 0 Å². The summed E-state index contributed by atoms with van der Waals surface area (Å²) in [6.07, 6.45) is 1.53. The molecule has 0 radical (unpaired) electrons. The van der Waals surface area contributed by atoms with Crippen LogP contribution in [-0.2, 0) is 11.3 Å². The number of halogens is 1.